The van der Waals surface area contributed by atoms with E-state index < -0.39 is 0 Å². The molecule has 2 nitrogen and oxygen atoms in total. The van der Waals surface area contributed by atoms with Crippen molar-refractivity contribution in [3.05, 3.63) is 92.9 Å². The molecule has 2 aliphatic rings. The highest BCUT2D eigenvalue weighted by Crippen LogP contribution is 2.44. The maximum atomic E-state index is 7.95. The highest BCUT2D eigenvalue weighted by molar-refractivity contribution is 6.10. The summed E-state index contributed by atoms with van der Waals surface area (Å²) in [6.07, 6.45) is 11.7. The van der Waals surface area contributed by atoms with Gasteiger partial charge in [-0.15, -0.1) is 12.8 Å². The SMILES string of the molecule is [C-]#[N+]c1c2c(c([N+]#[C-])c3c1=C(C#C)c1ccccc1-3)=C(C#C)c1ccccc1-2. The molecule has 0 aromatic heterocycles. The van der Waals surface area contributed by atoms with Crippen LogP contribution in [-0.4, -0.2) is 0 Å². The Balaban J connectivity index is 2.19. The van der Waals surface area contributed by atoms with Crippen LogP contribution in [0.4, 0.5) is 11.4 Å². The zero-order valence-electron chi connectivity index (χ0n) is 14.7. The van der Waals surface area contributed by atoms with E-state index in [1.165, 1.54) is 0 Å². The van der Waals surface area contributed by atoms with Crippen molar-refractivity contribution < 1.29 is 0 Å². The molecule has 0 aliphatic heterocycles. The number of hydrogen-bond acceptors (Lipinski definition) is 0. The lowest BCUT2D eigenvalue weighted by Crippen LogP contribution is -2.16. The smallest absolute Gasteiger partial charge is 0.201 e. The summed E-state index contributed by atoms with van der Waals surface area (Å²) in [4.78, 5) is 7.77. The normalized spacial score (nSPS) is 12.0. The van der Waals surface area contributed by atoms with Gasteiger partial charge >= 0.3 is 0 Å². The molecule has 5 rings (SSSR count). The molecule has 0 unspecified atom stereocenters. The highest BCUT2D eigenvalue weighted by Gasteiger charge is 2.31. The first-order chi connectivity index (χ1) is 13.8. The molecular weight excluding hydrogens is 340 g/mol. The standard InChI is InChI=1S/C26H10N2/c1-5-15-17-11-7-9-13-19(17)23-21(15)25(27-3)24-20-14-10-8-12-18(20)16(6-2)22(24)26(23)28-4/h1-2,7-14H. The van der Waals surface area contributed by atoms with Crippen molar-refractivity contribution in [1.82, 2.24) is 0 Å². The zero-order chi connectivity index (χ0) is 19.4. The lowest BCUT2D eigenvalue weighted by Gasteiger charge is -2.09. The number of benzene rings is 3. The van der Waals surface area contributed by atoms with E-state index >= 15 is 0 Å². The molecule has 0 saturated carbocycles. The minimum absolute atomic E-state index is 0.472. The van der Waals surface area contributed by atoms with Crippen molar-refractivity contribution in [3.63, 3.8) is 0 Å². The molecule has 0 saturated heterocycles. The third kappa shape index (κ3) is 1.67. The van der Waals surface area contributed by atoms with Crippen molar-refractivity contribution in [2.75, 3.05) is 0 Å². The van der Waals surface area contributed by atoms with E-state index in [2.05, 4.69) is 21.5 Å². The summed E-state index contributed by atoms with van der Waals surface area (Å²) in [5, 5.41) is 1.35. The number of hydrogen-bond donors (Lipinski definition) is 0. The molecule has 28 heavy (non-hydrogen) atoms. The number of fused-ring (bicyclic) bond motifs is 6. The molecule has 0 heterocycles. The Bertz CT molecular complexity index is 1420. The van der Waals surface area contributed by atoms with Crippen molar-refractivity contribution in [2.45, 2.75) is 0 Å². The summed E-state index contributed by atoms with van der Waals surface area (Å²) in [5.74, 6) is 5.53. The van der Waals surface area contributed by atoms with Crippen LogP contribution >= 0.6 is 0 Å². The fourth-order valence-electron chi connectivity index (χ4n) is 4.37. The minimum atomic E-state index is 0.472. The van der Waals surface area contributed by atoms with Crippen LogP contribution in [0.25, 0.3) is 43.1 Å². The third-order valence-corrected chi connectivity index (χ3v) is 5.39. The van der Waals surface area contributed by atoms with Gasteiger partial charge in [-0.2, -0.15) is 0 Å². The molecule has 0 amide bonds. The number of rotatable bonds is 0. The van der Waals surface area contributed by atoms with E-state index in [4.69, 9.17) is 26.0 Å². The van der Waals surface area contributed by atoms with Gasteiger partial charge in [0.2, 0.25) is 11.4 Å². The fourth-order valence-corrected chi connectivity index (χ4v) is 4.37. The molecule has 0 radical (unpaired) electrons. The lowest BCUT2D eigenvalue weighted by atomic mass is 9.96. The Kier molecular flexibility index (Phi) is 3.09. The Hall–Kier alpha value is -4.50. The Labute approximate surface area is 162 Å². The molecule has 124 valence electrons. The maximum Gasteiger partial charge on any atom is 0.201 e. The predicted octanol–water partition coefficient (Wildman–Crippen LogP) is 4.41. The molecule has 2 heteroatoms. The topological polar surface area (TPSA) is 8.72 Å². The molecule has 2 aliphatic carbocycles. The average Bonchev–Trinajstić information content (AvgIpc) is 3.25. The summed E-state index contributed by atoms with van der Waals surface area (Å²) in [6.45, 7) is 15.9. The van der Waals surface area contributed by atoms with Crippen LogP contribution in [0.3, 0.4) is 0 Å². The molecule has 0 spiro atoms. The fraction of sp³-hybridized carbons (Fsp3) is 0. The second kappa shape index (κ2) is 5.50. The number of terminal acetylenes is 2. The van der Waals surface area contributed by atoms with E-state index in [0.29, 0.717) is 33.0 Å². The minimum Gasteiger partial charge on any atom is -0.237 e. The highest BCUT2D eigenvalue weighted by atomic mass is 14.7. The Morgan fingerprint density at radius 3 is 1.29 bits per heavy atom. The van der Waals surface area contributed by atoms with Crippen LogP contribution in [0, 0.1) is 37.8 Å². The van der Waals surface area contributed by atoms with Crippen LogP contribution in [0.15, 0.2) is 48.5 Å². The second-order valence-electron chi connectivity index (χ2n) is 6.55. The first-order valence-corrected chi connectivity index (χ1v) is 8.63. The van der Waals surface area contributed by atoms with Crippen LogP contribution in [-0.2, 0) is 0 Å². The van der Waals surface area contributed by atoms with Crippen LogP contribution in [0.5, 0.6) is 0 Å². The van der Waals surface area contributed by atoms with Gasteiger partial charge in [-0.3, -0.25) is 0 Å². The van der Waals surface area contributed by atoms with E-state index in [1.807, 2.05) is 48.5 Å². The Morgan fingerprint density at radius 1 is 0.607 bits per heavy atom. The summed E-state index contributed by atoms with van der Waals surface area (Å²) in [6, 6.07) is 15.4. The van der Waals surface area contributed by atoms with Gasteiger partial charge in [0.05, 0.1) is 13.1 Å². The lowest BCUT2D eigenvalue weighted by molar-refractivity contribution is 1.57. The largest absolute Gasteiger partial charge is 0.237 e. The quantitative estimate of drug-likeness (QED) is 0.419. The summed E-state index contributed by atoms with van der Waals surface area (Å²) >= 11 is 0. The zero-order valence-corrected chi connectivity index (χ0v) is 14.7. The first kappa shape index (κ1) is 15.7. The molecule has 0 bridgehead atoms. The van der Waals surface area contributed by atoms with E-state index in [9.17, 15) is 0 Å². The first-order valence-electron chi connectivity index (χ1n) is 8.63. The summed E-state index contributed by atoms with van der Waals surface area (Å²) in [5.41, 5.74) is 7.26. The van der Waals surface area contributed by atoms with Crippen LogP contribution in [0.2, 0.25) is 0 Å². The number of nitrogens with zero attached hydrogens (tertiary/aromatic N) is 2. The van der Waals surface area contributed by atoms with Gasteiger partial charge in [0, 0.05) is 11.1 Å². The Morgan fingerprint density at radius 2 is 0.964 bits per heavy atom. The summed E-state index contributed by atoms with van der Waals surface area (Å²) in [7, 11) is 0. The van der Waals surface area contributed by atoms with Gasteiger partial charge in [-0.05, 0) is 43.8 Å². The van der Waals surface area contributed by atoms with Crippen LogP contribution < -0.4 is 10.4 Å². The summed E-state index contributed by atoms with van der Waals surface area (Å²) < 4.78 is 0. The van der Waals surface area contributed by atoms with Gasteiger partial charge in [0.15, 0.2) is 0 Å². The molecule has 3 aromatic carbocycles. The van der Waals surface area contributed by atoms with Gasteiger partial charge in [0.1, 0.15) is 0 Å². The predicted molar refractivity (Wildman–Crippen MR) is 112 cm³/mol. The third-order valence-electron chi connectivity index (χ3n) is 5.39. The van der Waals surface area contributed by atoms with E-state index in [-0.39, 0.29) is 0 Å². The van der Waals surface area contributed by atoms with Crippen molar-refractivity contribution in [1.29, 1.82) is 0 Å². The van der Waals surface area contributed by atoms with Gasteiger partial charge in [-0.25, -0.2) is 9.69 Å². The van der Waals surface area contributed by atoms with Crippen molar-refractivity contribution >= 4 is 22.5 Å². The molecular formula is C26H10N2. The maximum absolute atomic E-state index is 7.95. The van der Waals surface area contributed by atoms with Crippen LogP contribution in [0.1, 0.15) is 11.1 Å². The molecule has 0 atom stereocenters. The van der Waals surface area contributed by atoms with E-state index in [0.717, 1.165) is 33.4 Å². The second-order valence-corrected chi connectivity index (χ2v) is 6.55. The average molecular weight is 350 g/mol. The van der Waals surface area contributed by atoms with E-state index in [1.54, 1.807) is 0 Å². The molecule has 0 N–H and O–H groups in total. The van der Waals surface area contributed by atoms with Gasteiger partial charge in [0.25, 0.3) is 0 Å². The monoisotopic (exact) mass is 350 g/mol. The van der Waals surface area contributed by atoms with Gasteiger partial charge in [-0.1, -0.05) is 60.4 Å². The van der Waals surface area contributed by atoms with Crippen molar-refractivity contribution in [2.24, 2.45) is 0 Å². The molecule has 3 aromatic rings. The van der Waals surface area contributed by atoms with Crippen molar-refractivity contribution in [3.8, 4) is 46.9 Å². The van der Waals surface area contributed by atoms with Gasteiger partial charge < -0.3 is 0 Å². The molecule has 0 fully saturated rings.